The molecular weight excluding hydrogens is 289 g/mol. The summed E-state index contributed by atoms with van der Waals surface area (Å²) in [6.07, 6.45) is -5.62. The van der Waals surface area contributed by atoms with Crippen LogP contribution in [-0.2, 0) is 11.3 Å². The van der Waals surface area contributed by atoms with E-state index in [1.807, 2.05) is 0 Å². The molecule has 0 aromatic heterocycles. The monoisotopic (exact) mass is 304 g/mol. The van der Waals surface area contributed by atoms with Gasteiger partial charge in [0.2, 0.25) is 0 Å². The van der Waals surface area contributed by atoms with Crippen molar-refractivity contribution in [2.24, 2.45) is 0 Å². The molecule has 0 bridgehead atoms. The van der Waals surface area contributed by atoms with Crippen molar-refractivity contribution in [3.63, 3.8) is 0 Å². The molecule has 0 radical (unpaired) electrons. The van der Waals surface area contributed by atoms with Gasteiger partial charge in [-0.1, -0.05) is 12.1 Å². The van der Waals surface area contributed by atoms with Gasteiger partial charge in [0.15, 0.2) is 6.61 Å². The number of alkyl halides is 3. The van der Waals surface area contributed by atoms with Gasteiger partial charge in [0.25, 0.3) is 5.91 Å². The molecule has 0 atom stereocenters. The summed E-state index contributed by atoms with van der Waals surface area (Å²) < 4.78 is 39.9. The maximum absolute atomic E-state index is 11.9. The minimum absolute atomic E-state index is 0.0741. The molecule has 8 heteroatoms. The molecule has 1 aromatic rings. The molecule has 0 fully saturated rings. The number of carbonyl (C=O) groups excluding carboxylic acids is 2. The van der Waals surface area contributed by atoms with Crippen molar-refractivity contribution < 1.29 is 27.5 Å². The summed E-state index contributed by atoms with van der Waals surface area (Å²) in [5, 5.41) is 2.46. The first-order valence-electron chi connectivity index (χ1n) is 5.98. The van der Waals surface area contributed by atoms with Crippen molar-refractivity contribution in [3.05, 3.63) is 35.4 Å². The molecule has 2 amide bonds. The van der Waals surface area contributed by atoms with Crippen LogP contribution in [0.3, 0.4) is 0 Å². The molecule has 1 aromatic carbocycles. The van der Waals surface area contributed by atoms with Crippen LogP contribution < -0.4 is 5.32 Å². The Balaban J connectivity index is 2.56. The zero-order valence-corrected chi connectivity index (χ0v) is 11.5. The van der Waals surface area contributed by atoms with Crippen LogP contribution >= 0.6 is 0 Å². The molecule has 0 unspecified atom stereocenters. The summed E-state index contributed by atoms with van der Waals surface area (Å²) in [6, 6.07) is 6.34. The molecular formula is C13H15F3N2O3. The molecule has 0 aliphatic rings. The molecule has 116 valence electrons. The Morgan fingerprint density at radius 1 is 1.24 bits per heavy atom. The minimum Gasteiger partial charge on any atom is -0.440 e. The molecule has 0 aliphatic heterocycles. The van der Waals surface area contributed by atoms with E-state index in [1.54, 1.807) is 24.3 Å². The number of halogens is 3. The molecule has 5 nitrogen and oxygen atoms in total. The molecule has 21 heavy (non-hydrogen) atoms. The molecule has 1 N–H and O–H groups in total. The van der Waals surface area contributed by atoms with E-state index in [-0.39, 0.29) is 12.5 Å². The predicted molar refractivity (Wildman–Crippen MR) is 68.7 cm³/mol. The van der Waals surface area contributed by atoms with E-state index in [1.165, 1.54) is 14.1 Å². The highest BCUT2D eigenvalue weighted by atomic mass is 19.4. The summed E-state index contributed by atoms with van der Waals surface area (Å²) in [6.45, 7) is -1.55. The summed E-state index contributed by atoms with van der Waals surface area (Å²) in [5.74, 6) is -0.250. The van der Waals surface area contributed by atoms with Crippen LogP contribution in [0.25, 0.3) is 0 Å². The lowest BCUT2D eigenvalue weighted by atomic mass is 10.1. The highest BCUT2D eigenvalue weighted by Crippen LogP contribution is 2.15. The fourth-order valence-electron chi connectivity index (χ4n) is 1.50. The lowest BCUT2D eigenvalue weighted by molar-refractivity contribution is -0.162. The van der Waals surface area contributed by atoms with Crippen LogP contribution in [0.2, 0.25) is 0 Å². The van der Waals surface area contributed by atoms with Gasteiger partial charge in [-0.25, -0.2) is 4.79 Å². The van der Waals surface area contributed by atoms with E-state index in [0.717, 1.165) is 4.90 Å². The van der Waals surface area contributed by atoms with Crippen molar-refractivity contribution in [1.29, 1.82) is 0 Å². The van der Waals surface area contributed by atoms with Crippen LogP contribution in [0, 0.1) is 0 Å². The minimum atomic E-state index is -4.55. The molecule has 0 heterocycles. The second kappa shape index (κ2) is 6.96. The van der Waals surface area contributed by atoms with Gasteiger partial charge in [-0.15, -0.1) is 0 Å². The fourth-order valence-corrected chi connectivity index (χ4v) is 1.50. The Morgan fingerprint density at radius 3 is 2.29 bits per heavy atom. The number of ether oxygens (including phenoxy) is 1. The third-order valence-electron chi connectivity index (χ3n) is 2.53. The third kappa shape index (κ3) is 5.72. The zero-order chi connectivity index (χ0) is 16.0. The maximum atomic E-state index is 11.9. The van der Waals surface area contributed by atoms with Gasteiger partial charge in [-0.2, -0.15) is 13.2 Å². The van der Waals surface area contributed by atoms with E-state index < -0.39 is 18.9 Å². The summed E-state index contributed by atoms with van der Waals surface area (Å²) in [7, 11) is 2.83. The average molecular weight is 304 g/mol. The quantitative estimate of drug-likeness (QED) is 0.927. The lowest BCUT2D eigenvalue weighted by Gasteiger charge is -2.17. The molecule has 0 saturated carbocycles. The van der Waals surface area contributed by atoms with Gasteiger partial charge in [0, 0.05) is 26.2 Å². The first-order valence-corrected chi connectivity index (χ1v) is 5.98. The zero-order valence-electron chi connectivity index (χ0n) is 11.5. The van der Waals surface area contributed by atoms with Crippen molar-refractivity contribution in [1.82, 2.24) is 10.2 Å². The van der Waals surface area contributed by atoms with Crippen LogP contribution in [0.4, 0.5) is 18.0 Å². The highest BCUT2D eigenvalue weighted by Gasteiger charge is 2.30. The first kappa shape index (κ1) is 16.8. The fraction of sp³-hybridized carbons (Fsp3) is 0.385. The number of hydrogen-bond donors (Lipinski definition) is 1. The maximum Gasteiger partial charge on any atom is 0.422 e. The Kier molecular flexibility index (Phi) is 5.57. The molecule has 0 aliphatic carbocycles. The summed E-state index contributed by atoms with van der Waals surface area (Å²) >= 11 is 0. The number of amides is 2. The lowest BCUT2D eigenvalue weighted by Crippen LogP contribution is -2.30. The van der Waals surface area contributed by atoms with Crippen molar-refractivity contribution >= 4 is 12.0 Å². The third-order valence-corrected chi connectivity index (χ3v) is 2.53. The standard InChI is InChI=1S/C13H15F3N2O3/c1-17-11(19)10-5-3-9(4-6-10)7-18(2)12(20)21-8-13(14,15)16/h3-6H,7-8H2,1-2H3,(H,17,19). The number of hydrogen-bond acceptors (Lipinski definition) is 3. The van der Waals surface area contributed by atoms with Gasteiger partial charge < -0.3 is 15.0 Å². The number of rotatable bonds is 4. The van der Waals surface area contributed by atoms with Crippen LogP contribution in [0.1, 0.15) is 15.9 Å². The second-order valence-corrected chi connectivity index (χ2v) is 4.30. The molecule has 0 saturated heterocycles. The number of carbonyl (C=O) groups is 2. The van der Waals surface area contributed by atoms with E-state index in [4.69, 9.17) is 0 Å². The largest absolute Gasteiger partial charge is 0.440 e. The van der Waals surface area contributed by atoms with Gasteiger partial charge in [-0.3, -0.25) is 4.79 Å². The Morgan fingerprint density at radius 2 is 1.81 bits per heavy atom. The Hall–Kier alpha value is -2.25. The van der Waals surface area contributed by atoms with E-state index >= 15 is 0 Å². The number of nitrogens with zero attached hydrogens (tertiary/aromatic N) is 1. The van der Waals surface area contributed by atoms with E-state index in [2.05, 4.69) is 10.1 Å². The van der Waals surface area contributed by atoms with Crippen molar-refractivity contribution in [2.75, 3.05) is 20.7 Å². The van der Waals surface area contributed by atoms with Crippen LogP contribution in [0.15, 0.2) is 24.3 Å². The summed E-state index contributed by atoms with van der Waals surface area (Å²) in [5.41, 5.74) is 1.11. The summed E-state index contributed by atoms with van der Waals surface area (Å²) in [4.78, 5) is 23.7. The van der Waals surface area contributed by atoms with Crippen molar-refractivity contribution in [2.45, 2.75) is 12.7 Å². The van der Waals surface area contributed by atoms with Gasteiger partial charge >= 0.3 is 12.3 Å². The molecule has 1 rings (SSSR count). The SMILES string of the molecule is CNC(=O)c1ccc(CN(C)C(=O)OCC(F)(F)F)cc1. The Labute approximate surface area is 119 Å². The number of benzene rings is 1. The van der Waals surface area contributed by atoms with Gasteiger partial charge in [0.1, 0.15) is 0 Å². The first-order chi connectivity index (χ1) is 9.73. The average Bonchev–Trinajstić information content (AvgIpc) is 2.43. The topological polar surface area (TPSA) is 58.6 Å². The van der Waals surface area contributed by atoms with Gasteiger partial charge in [0.05, 0.1) is 0 Å². The Bertz CT molecular complexity index is 500. The molecule has 0 spiro atoms. The number of nitrogens with one attached hydrogen (secondary N) is 1. The highest BCUT2D eigenvalue weighted by molar-refractivity contribution is 5.93. The second-order valence-electron chi connectivity index (χ2n) is 4.30. The van der Waals surface area contributed by atoms with Crippen LogP contribution in [-0.4, -0.2) is 43.8 Å². The predicted octanol–water partition coefficient (Wildman–Crippen LogP) is 2.18. The smallest absolute Gasteiger partial charge is 0.422 e. The van der Waals surface area contributed by atoms with E-state index in [9.17, 15) is 22.8 Å². The van der Waals surface area contributed by atoms with Gasteiger partial charge in [-0.05, 0) is 17.7 Å². The normalized spacial score (nSPS) is 10.9. The van der Waals surface area contributed by atoms with Crippen LogP contribution in [0.5, 0.6) is 0 Å². The van der Waals surface area contributed by atoms with Crippen molar-refractivity contribution in [3.8, 4) is 0 Å². The van der Waals surface area contributed by atoms with E-state index in [0.29, 0.717) is 11.1 Å².